The number of hydrogen-bond donors (Lipinski definition) is 2. The van der Waals surface area contributed by atoms with E-state index >= 15 is 0 Å². The molecule has 1 aliphatic heterocycles. The highest BCUT2D eigenvalue weighted by molar-refractivity contribution is 7.17. The van der Waals surface area contributed by atoms with E-state index in [1.54, 1.807) is 11.6 Å². The van der Waals surface area contributed by atoms with Crippen molar-refractivity contribution in [3.8, 4) is 11.6 Å². The summed E-state index contributed by atoms with van der Waals surface area (Å²) in [6, 6.07) is 8.24. The van der Waals surface area contributed by atoms with E-state index < -0.39 is 0 Å². The van der Waals surface area contributed by atoms with Gasteiger partial charge in [-0.25, -0.2) is 4.98 Å². The van der Waals surface area contributed by atoms with E-state index in [1.165, 1.54) is 22.7 Å². The van der Waals surface area contributed by atoms with Crippen molar-refractivity contribution in [1.29, 1.82) is 0 Å². The lowest BCUT2D eigenvalue weighted by atomic mass is 9.89. The maximum absolute atomic E-state index is 10.9. The molecule has 3 heterocycles. The van der Waals surface area contributed by atoms with Gasteiger partial charge in [0.05, 0.1) is 20.2 Å². The van der Waals surface area contributed by atoms with Crippen LogP contribution in [0.5, 0.6) is 11.6 Å². The molecule has 1 saturated heterocycles. The highest BCUT2D eigenvalue weighted by atomic mass is 32.1. The Morgan fingerprint density at radius 1 is 1.30 bits per heavy atom. The number of piperidine rings is 1. The molecule has 0 spiro atoms. The summed E-state index contributed by atoms with van der Waals surface area (Å²) in [5.41, 5.74) is 1.15. The van der Waals surface area contributed by atoms with Gasteiger partial charge < -0.3 is 14.7 Å². The minimum atomic E-state index is 0.0408. The van der Waals surface area contributed by atoms with Crippen LogP contribution < -0.4 is 9.64 Å². The molecule has 0 radical (unpaired) electrons. The first-order chi connectivity index (χ1) is 13.0. The number of rotatable bonds is 4. The van der Waals surface area contributed by atoms with Crippen molar-refractivity contribution in [1.82, 2.24) is 14.6 Å². The van der Waals surface area contributed by atoms with E-state index in [0.29, 0.717) is 17.7 Å². The van der Waals surface area contributed by atoms with Gasteiger partial charge in [-0.15, -0.1) is 5.10 Å². The first kappa shape index (κ1) is 18.3. The number of aromatic nitrogens is 3. The molecule has 3 atom stereocenters. The predicted octanol–water partition coefficient (Wildman–Crippen LogP) is 2.46. The summed E-state index contributed by atoms with van der Waals surface area (Å²) >= 11 is 1.53. The summed E-state index contributed by atoms with van der Waals surface area (Å²) in [6.45, 7) is 8.66. The number of benzene rings is 1. The third kappa shape index (κ3) is 3.41. The molecule has 0 saturated carbocycles. The summed E-state index contributed by atoms with van der Waals surface area (Å²) in [5, 5.41) is 15.3. The van der Waals surface area contributed by atoms with Crippen LogP contribution in [0.4, 0.5) is 0 Å². The monoisotopic (exact) mass is 387 g/mol. The smallest absolute Gasteiger partial charge is 0.235 e. The number of ether oxygens (including phenoxy) is 1. The molecule has 6 nitrogen and oxygen atoms in total. The Kier molecular flexibility index (Phi) is 4.82. The second-order valence-electron chi connectivity index (χ2n) is 7.87. The lowest BCUT2D eigenvalue weighted by Gasteiger charge is -2.37. The predicted molar refractivity (Wildman–Crippen MR) is 106 cm³/mol. The van der Waals surface area contributed by atoms with E-state index in [-0.39, 0.29) is 11.9 Å². The number of methoxy groups -OCH3 is 1. The van der Waals surface area contributed by atoms with Gasteiger partial charge in [-0.1, -0.05) is 37.3 Å². The molecule has 0 amide bonds. The van der Waals surface area contributed by atoms with E-state index in [4.69, 9.17) is 4.74 Å². The highest BCUT2D eigenvalue weighted by Gasteiger charge is 2.37. The van der Waals surface area contributed by atoms with Crippen LogP contribution >= 0.6 is 11.3 Å². The average Bonchev–Trinajstić information content (AvgIpc) is 3.12. The van der Waals surface area contributed by atoms with Crippen molar-refractivity contribution in [2.45, 2.75) is 33.2 Å². The Morgan fingerprint density at radius 3 is 2.70 bits per heavy atom. The van der Waals surface area contributed by atoms with Crippen molar-refractivity contribution in [2.24, 2.45) is 11.8 Å². The Morgan fingerprint density at radius 2 is 2.04 bits per heavy atom. The van der Waals surface area contributed by atoms with Crippen LogP contribution in [0.25, 0.3) is 4.96 Å². The number of hydrogen-bond acceptors (Lipinski definition) is 5. The summed E-state index contributed by atoms with van der Waals surface area (Å²) < 4.78 is 7.03. The Labute approximate surface area is 163 Å². The zero-order valence-electron chi connectivity index (χ0n) is 16.3. The maximum atomic E-state index is 10.9. The molecule has 0 bridgehead atoms. The fourth-order valence-electron chi connectivity index (χ4n) is 4.50. The molecule has 144 valence electrons. The molecular weight excluding hydrogens is 360 g/mol. The molecule has 0 aliphatic carbocycles. The van der Waals surface area contributed by atoms with Crippen LogP contribution in [0.3, 0.4) is 0 Å². The molecule has 0 unspecified atom stereocenters. The maximum Gasteiger partial charge on any atom is 0.235 e. The lowest BCUT2D eigenvalue weighted by molar-refractivity contribution is -0.936. The van der Waals surface area contributed by atoms with E-state index in [2.05, 4.69) is 36.1 Å². The summed E-state index contributed by atoms with van der Waals surface area (Å²) in [7, 11) is 1.69. The van der Waals surface area contributed by atoms with E-state index in [9.17, 15) is 5.11 Å². The van der Waals surface area contributed by atoms with Gasteiger partial charge in [0.25, 0.3) is 0 Å². The van der Waals surface area contributed by atoms with Crippen molar-refractivity contribution in [3.63, 3.8) is 0 Å². The van der Waals surface area contributed by atoms with Gasteiger partial charge in [0.15, 0.2) is 6.04 Å². The average molecular weight is 388 g/mol. The molecular formula is C20H27N4O2S+. The summed E-state index contributed by atoms with van der Waals surface area (Å²) in [5.74, 6) is 3.03. The number of likely N-dealkylation sites (tertiary alicyclic amines) is 1. The highest BCUT2D eigenvalue weighted by Crippen LogP contribution is 2.36. The number of thiazole rings is 1. The van der Waals surface area contributed by atoms with Crippen molar-refractivity contribution < 1.29 is 14.7 Å². The standard InChI is InChI=1S/C20H26N4O2S/c1-12-8-13(2)11-23(10-12)17(15-6-5-7-16(9-15)26-4)18-19(25)24-20(27-18)21-14(3)22-24/h5-7,9,12-13,17,25H,8,10-11H2,1-4H3/p+1/t12-,13-,17-/m0/s1. The molecule has 2 N–H and O–H groups in total. The zero-order valence-corrected chi connectivity index (χ0v) is 17.1. The number of nitrogens with zero attached hydrogens (tertiary/aromatic N) is 3. The first-order valence-electron chi connectivity index (χ1n) is 9.49. The van der Waals surface area contributed by atoms with E-state index in [1.807, 2.05) is 19.1 Å². The van der Waals surface area contributed by atoms with Gasteiger partial charge in [0.1, 0.15) is 16.5 Å². The molecule has 3 aromatic rings. The van der Waals surface area contributed by atoms with Gasteiger partial charge in [-0.2, -0.15) is 4.52 Å². The van der Waals surface area contributed by atoms with Crippen LogP contribution in [0.1, 0.15) is 42.6 Å². The van der Waals surface area contributed by atoms with Gasteiger partial charge in [0.2, 0.25) is 10.8 Å². The number of aromatic hydroxyl groups is 1. The third-order valence-corrected chi connectivity index (χ3v) is 6.51. The van der Waals surface area contributed by atoms with Crippen LogP contribution in [-0.4, -0.2) is 39.9 Å². The van der Waals surface area contributed by atoms with Gasteiger partial charge in [-0.05, 0) is 25.5 Å². The van der Waals surface area contributed by atoms with Crippen molar-refractivity contribution in [2.75, 3.05) is 20.2 Å². The second-order valence-corrected chi connectivity index (χ2v) is 8.87. The molecule has 7 heteroatoms. The van der Waals surface area contributed by atoms with Crippen LogP contribution in [0.2, 0.25) is 0 Å². The normalized spacial score (nSPS) is 24.2. The van der Waals surface area contributed by atoms with Crippen molar-refractivity contribution in [3.05, 3.63) is 40.5 Å². The molecule has 27 heavy (non-hydrogen) atoms. The third-order valence-electron chi connectivity index (χ3n) is 5.43. The van der Waals surface area contributed by atoms with Crippen molar-refractivity contribution >= 4 is 16.3 Å². The zero-order chi connectivity index (χ0) is 19.1. The molecule has 1 aliphatic rings. The molecule has 4 rings (SSSR count). The van der Waals surface area contributed by atoms with Crippen LogP contribution in [0.15, 0.2) is 24.3 Å². The minimum absolute atomic E-state index is 0.0408. The quantitative estimate of drug-likeness (QED) is 0.722. The number of aryl methyl sites for hydroxylation is 1. The minimum Gasteiger partial charge on any atom is -0.497 e. The Bertz CT molecular complexity index is 941. The molecule has 1 aromatic carbocycles. The van der Waals surface area contributed by atoms with Crippen LogP contribution in [-0.2, 0) is 0 Å². The topological polar surface area (TPSA) is 64.1 Å². The van der Waals surface area contributed by atoms with E-state index in [0.717, 1.165) is 34.2 Å². The largest absolute Gasteiger partial charge is 0.497 e. The second kappa shape index (κ2) is 7.13. The van der Waals surface area contributed by atoms with Gasteiger partial charge >= 0.3 is 0 Å². The lowest BCUT2D eigenvalue weighted by Crippen LogP contribution is -3.14. The summed E-state index contributed by atoms with van der Waals surface area (Å²) in [4.78, 5) is 7.60. The summed E-state index contributed by atoms with van der Waals surface area (Å²) in [6.07, 6.45) is 1.26. The Balaban J connectivity index is 1.83. The number of fused-ring (bicyclic) bond motifs is 1. The fourth-order valence-corrected chi connectivity index (χ4v) is 5.68. The van der Waals surface area contributed by atoms with Gasteiger partial charge in [0, 0.05) is 17.4 Å². The molecule has 1 fully saturated rings. The SMILES string of the molecule is COc1cccc([C@@H](c2sc3nc(C)nn3c2O)[NH+]2C[C@@H](C)C[C@H](C)C2)c1. The number of quaternary nitrogens is 1. The number of nitrogens with one attached hydrogen (secondary N) is 1. The van der Waals surface area contributed by atoms with Crippen LogP contribution in [0, 0.1) is 18.8 Å². The first-order valence-corrected chi connectivity index (χ1v) is 10.3. The molecule has 2 aromatic heterocycles. The van der Waals surface area contributed by atoms with Gasteiger partial charge in [-0.3, -0.25) is 0 Å². The fraction of sp³-hybridized carbons (Fsp3) is 0.500. The Hall–Kier alpha value is -2.12.